The largest absolute Gasteiger partial charge is 0.497 e. The Morgan fingerprint density at radius 2 is 1.10 bits per heavy atom. The quantitative estimate of drug-likeness (QED) is 0.744. The molecule has 1 saturated heterocycles. The van der Waals surface area contributed by atoms with Crippen LogP contribution in [0.25, 0.3) is 0 Å². The third kappa shape index (κ3) is 6.53. The fourth-order valence-electron chi connectivity index (χ4n) is 3.39. The van der Waals surface area contributed by atoms with Gasteiger partial charge in [0.2, 0.25) is 0 Å². The molecule has 8 heteroatoms. The van der Waals surface area contributed by atoms with E-state index >= 15 is 0 Å². The molecule has 0 bridgehead atoms. The van der Waals surface area contributed by atoms with Crippen molar-refractivity contribution in [3.05, 3.63) is 59.7 Å². The van der Waals surface area contributed by atoms with Crippen molar-refractivity contribution in [2.45, 2.75) is 19.5 Å². The molecule has 0 spiro atoms. The Morgan fingerprint density at radius 1 is 0.710 bits per heavy atom. The van der Waals surface area contributed by atoms with Crippen LogP contribution < -0.4 is 20.1 Å². The number of rotatable bonds is 6. The minimum atomic E-state index is -0.115. The molecule has 1 aliphatic heterocycles. The highest BCUT2D eigenvalue weighted by Gasteiger charge is 2.21. The summed E-state index contributed by atoms with van der Waals surface area (Å²) < 4.78 is 10.3. The number of methoxy groups -OCH3 is 2. The lowest BCUT2D eigenvalue weighted by atomic mass is 10.2. The molecule has 31 heavy (non-hydrogen) atoms. The van der Waals surface area contributed by atoms with Gasteiger partial charge in [0.1, 0.15) is 11.5 Å². The molecule has 166 valence electrons. The number of hydrogen-bond acceptors (Lipinski definition) is 4. The van der Waals surface area contributed by atoms with Crippen LogP contribution >= 0.6 is 0 Å². The molecule has 0 unspecified atom stereocenters. The van der Waals surface area contributed by atoms with E-state index in [-0.39, 0.29) is 12.1 Å². The molecule has 1 aliphatic rings. The summed E-state index contributed by atoms with van der Waals surface area (Å²) in [7, 11) is 3.25. The van der Waals surface area contributed by atoms with Gasteiger partial charge in [0.15, 0.2) is 0 Å². The monoisotopic (exact) mass is 426 g/mol. The Hall–Kier alpha value is -3.42. The maximum atomic E-state index is 12.5. The number of nitrogens with zero attached hydrogens (tertiary/aromatic N) is 2. The second kappa shape index (κ2) is 11.1. The molecule has 2 N–H and O–H groups in total. The van der Waals surface area contributed by atoms with E-state index < -0.39 is 0 Å². The summed E-state index contributed by atoms with van der Waals surface area (Å²) in [5.41, 5.74) is 2.01. The number of ether oxygens (including phenoxy) is 2. The number of carbonyl (C=O) groups is 2. The highest BCUT2D eigenvalue weighted by molar-refractivity contribution is 5.76. The average molecular weight is 427 g/mol. The Balaban J connectivity index is 1.42. The van der Waals surface area contributed by atoms with Gasteiger partial charge in [0.05, 0.1) is 14.2 Å². The molecule has 2 aromatic rings. The van der Waals surface area contributed by atoms with E-state index in [1.807, 2.05) is 48.5 Å². The molecule has 1 fully saturated rings. The summed E-state index contributed by atoms with van der Waals surface area (Å²) >= 11 is 0. The first-order valence-electron chi connectivity index (χ1n) is 10.4. The predicted octanol–water partition coefficient (Wildman–Crippen LogP) is 2.83. The first kappa shape index (κ1) is 22.3. The van der Waals surface area contributed by atoms with Crippen molar-refractivity contribution in [1.82, 2.24) is 20.4 Å². The second-order valence-electron chi connectivity index (χ2n) is 7.34. The lowest BCUT2D eigenvalue weighted by Crippen LogP contribution is -2.44. The van der Waals surface area contributed by atoms with E-state index in [0.29, 0.717) is 39.3 Å². The van der Waals surface area contributed by atoms with Gasteiger partial charge in [-0.1, -0.05) is 24.3 Å². The molecule has 1 heterocycles. The summed E-state index contributed by atoms with van der Waals surface area (Å²) in [6.45, 7) is 3.15. The Bertz CT molecular complexity index is 783. The number of nitrogens with one attached hydrogen (secondary N) is 2. The average Bonchev–Trinajstić information content (AvgIpc) is 3.08. The van der Waals surface area contributed by atoms with Crippen molar-refractivity contribution in [1.29, 1.82) is 0 Å². The summed E-state index contributed by atoms with van der Waals surface area (Å²) in [5.74, 6) is 1.57. The molecule has 0 atom stereocenters. The van der Waals surface area contributed by atoms with Crippen LogP contribution in [0.1, 0.15) is 17.5 Å². The number of hydrogen-bond donors (Lipinski definition) is 2. The van der Waals surface area contributed by atoms with Gasteiger partial charge in [-0.3, -0.25) is 0 Å². The van der Waals surface area contributed by atoms with Gasteiger partial charge >= 0.3 is 12.1 Å². The van der Waals surface area contributed by atoms with Crippen LogP contribution in [0, 0.1) is 0 Å². The van der Waals surface area contributed by atoms with E-state index in [2.05, 4.69) is 10.6 Å². The third-order valence-corrected chi connectivity index (χ3v) is 5.28. The SMILES string of the molecule is COc1ccc(CNC(=O)N2CCCN(C(=O)NCc3ccc(OC)cc3)CC2)cc1. The molecule has 0 aromatic heterocycles. The van der Waals surface area contributed by atoms with Crippen molar-refractivity contribution in [3.63, 3.8) is 0 Å². The van der Waals surface area contributed by atoms with Crippen molar-refractivity contribution < 1.29 is 19.1 Å². The fraction of sp³-hybridized carbons (Fsp3) is 0.391. The minimum Gasteiger partial charge on any atom is -0.497 e. The summed E-state index contributed by atoms with van der Waals surface area (Å²) in [4.78, 5) is 28.6. The highest BCUT2D eigenvalue weighted by Crippen LogP contribution is 2.12. The highest BCUT2D eigenvalue weighted by atomic mass is 16.5. The van der Waals surface area contributed by atoms with E-state index in [0.717, 1.165) is 29.0 Å². The smallest absolute Gasteiger partial charge is 0.317 e. The number of urea groups is 2. The molecular weight excluding hydrogens is 396 g/mol. The molecule has 4 amide bonds. The fourth-order valence-corrected chi connectivity index (χ4v) is 3.39. The number of amides is 4. The zero-order chi connectivity index (χ0) is 22.1. The maximum absolute atomic E-state index is 12.5. The Labute approximate surface area is 183 Å². The minimum absolute atomic E-state index is 0.115. The van der Waals surface area contributed by atoms with Gasteiger partial charge in [0.25, 0.3) is 0 Å². The predicted molar refractivity (Wildman–Crippen MR) is 118 cm³/mol. The van der Waals surface area contributed by atoms with Crippen molar-refractivity contribution >= 4 is 12.1 Å². The normalized spacial score (nSPS) is 13.9. The van der Waals surface area contributed by atoms with E-state index in [1.165, 1.54) is 0 Å². The Morgan fingerprint density at radius 3 is 1.45 bits per heavy atom. The molecule has 0 radical (unpaired) electrons. The van der Waals surface area contributed by atoms with Crippen LogP contribution in [0.5, 0.6) is 11.5 Å². The number of carbonyl (C=O) groups excluding carboxylic acids is 2. The van der Waals surface area contributed by atoms with Crippen LogP contribution in [-0.4, -0.2) is 62.3 Å². The first-order valence-corrected chi connectivity index (χ1v) is 10.4. The van der Waals surface area contributed by atoms with Gasteiger partial charge in [-0.2, -0.15) is 0 Å². The molecule has 3 rings (SSSR count). The van der Waals surface area contributed by atoms with Gasteiger partial charge in [-0.25, -0.2) is 9.59 Å². The molecule has 8 nitrogen and oxygen atoms in total. The van der Waals surface area contributed by atoms with Crippen molar-refractivity contribution in [2.75, 3.05) is 40.4 Å². The third-order valence-electron chi connectivity index (χ3n) is 5.28. The lowest BCUT2D eigenvalue weighted by molar-refractivity contribution is 0.190. The number of benzene rings is 2. The van der Waals surface area contributed by atoms with E-state index in [9.17, 15) is 9.59 Å². The molecule has 0 saturated carbocycles. The first-order chi connectivity index (χ1) is 15.1. The molecule has 0 aliphatic carbocycles. The zero-order valence-corrected chi connectivity index (χ0v) is 18.1. The second-order valence-corrected chi connectivity index (χ2v) is 7.34. The van der Waals surface area contributed by atoms with Crippen molar-refractivity contribution in [2.24, 2.45) is 0 Å². The Kier molecular flexibility index (Phi) is 7.98. The lowest BCUT2D eigenvalue weighted by Gasteiger charge is -2.23. The van der Waals surface area contributed by atoms with Crippen LogP contribution in [0.4, 0.5) is 9.59 Å². The van der Waals surface area contributed by atoms with Crippen LogP contribution in [0.3, 0.4) is 0 Å². The summed E-state index contributed by atoms with van der Waals surface area (Å²) in [6, 6.07) is 15.0. The van der Waals surface area contributed by atoms with E-state index in [4.69, 9.17) is 9.47 Å². The van der Waals surface area contributed by atoms with Crippen LogP contribution in [-0.2, 0) is 13.1 Å². The van der Waals surface area contributed by atoms with Gasteiger partial charge in [-0.05, 0) is 41.8 Å². The van der Waals surface area contributed by atoms with Crippen LogP contribution in [0.15, 0.2) is 48.5 Å². The van der Waals surface area contributed by atoms with E-state index in [1.54, 1.807) is 24.0 Å². The summed E-state index contributed by atoms with van der Waals surface area (Å²) in [6.07, 6.45) is 0.742. The van der Waals surface area contributed by atoms with Gasteiger partial charge in [0, 0.05) is 39.3 Å². The topological polar surface area (TPSA) is 83.1 Å². The van der Waals surface area contributed by atoms with Crippen molar-refractivity contribution in [3.8, 4) is 11.5 Å². The van der Waals surface area contributed by atoms with Gasteiger partial charge in [-0.15, -0.1) is 0 Å². The standard InChI is InChI=1S/C23H30N4O4/c1-30-20-8-4-18(5-9-20)16-24-22(28)26-12-3-13-27(15-14-26)23(29)25-17-19-6-10-21(31-2)11-7-19/h4-11H,3,12-17H2,1-2H3,(H,24,28)(H,25,29). The zero-order valence-electron chi connectivity index (χ0n) is 18.1. The van der Waals surface area contributed by atoms with Gasteiger partial charge < -0.3 is 29.9 Å². The maximum Gasteiger partial charge on any atom is 0.317 e. The molecular formula is C23H30N4O4. The van der Waals surface area contributed by atoms with Crippen LogP contribution in [0.2, 0.25) is 0 Å². The molecule has 2 aromatic carbocycles. The summed E-state index contributed by atoms with van der Waals surface area (Å²) in [5, 5.41) is 5.90.